The highest BCUT2D eigenvalue weighted by Crippen LogP contribution is 2.09. The summed E-state index contributed by atoms with van der Waals surface area (Å²) in [7, 11) is 1.61. The van der Waals surface area contributed by atoms with E-state index in [2.05, 4.69) is 5.32 Å². The fourth-order valence-corrected chi connectivity index (χ4v) is 1.34. The first kappa shape index (κ1) is 14.0. The maximum atomic E-state index is 12.7. The number of hydrogen-bond donors (Lipinski definition) is 3. The van der Waals surface area contributed by atoms with E-state index in [1.807, 2.05) is 0 Å². The van der Waals surface area contributed by atoms with Gasteiger partial charge in [0.05, 0.1) is 5.84 Å². The van der Waals surface area contributed by atoms with Crippen molar-refractivity contribution >= 4 is 17.6 Å². The Labute approximate surface area is 105 Å². The molecule has 0 saturated heterocycles. The van der Waals surface area contributed by atoms with Gasteiger partial charge in [0.1, 0.15) is 5.82 Å². The van der Waals surface area contributed by atoms with E-state index in [0.717, 1.165) is 0 Å². The molecule has 0 radical (unpaired) electrons. The Bertz CT molecular complexity index is 432. The Hall–Kier alpha value is -2.11. The van der Waals surface area contributed by atoms with E-state index in [0.29, 0.717) is 12.2 Å². The molecule has 1 rings (SSSR count). The number of nitrogens with two attached hydrogens (primary N) is 1. The molecule has 1 unspecified atom stereocenters. The van der Waals surface area contributed by atoms with E-state index in [9.17, 15) is 9.18 Å². The van der Waals surface area contributed by atoms with Crippen LogP contribution >= 0.6 is 0 Å². The summed E-state index contributed by atoms with van der Waals surface area (Å²) in [6.07, 6.45) is 0. The van der Waals surface area contributed by atoms with E-state index in [4.69, 9.17) is 11.1 Å². The van der Waals surface area contributed by atoms with Crippen LogP contribution in [-0.2, 0) is 0 Å². The average molecular weight is 252 g/mol. The van der Waals surface area contributed by atoms with Crippen molar-refractivity contribution in [2.75, 3.05) is 18.9 Å². The summed E-state index contributed by atoms with van der Waals surface area (Å²) in [5.41, 5.74) is 5.85. The Balaban J connectivity index is 2.54. The first-order valence-corrected chi connectivity index (χ1v) is 5.51. The summed E-state index contributed by atoms with van der Waals surface area (Å²) in [5, 5.41) is 9.88. The number of hydrogen-bond acceptors (Lipinski definition) is 2. The number of nitrogens with one attached hydrogen (secondary N) is 2. The number of rotatable bonds is 4. The molecular weight excluding hydrogens is 235 g/mol. The number of anilines is 1. The predicted octanol–water partition coefficient (Wildman–Crippen LogP) is 1.86. The lowest BCUT2D eigenvalue weighted by atomic mass is 10.1. The van der Waals surface area contributed by atoms with Gasteiger partial charge in [0, 0.05) is 25.2 Å². The van der Waals surface area contributed by atoms with Gasteiger partial charge in [-0.1, -0.05) is 6.92 Å². The molecule has 4 N–H and O–H groups in total. The lowest BCUT2D eigenvalue weighted by Crippen LogP contribution is -2.38. The standard InChI is InChI=1S/C12H17FN4O/c1-8(11(14)15)7-17(2)12(18)16-10-5-3-9(13)4-6-10/h3-6,8H,7H2,1-2H3,(H3,14,15)(H,16,18). The third kappa shape index (κ3) is 4.04. The number of halogens is 1. The van der Waals surface area contributed by atoms with E-state index < -0.39 is 0 Å². The molecule has 0 aliphatic carbocycles. The van der Waals surface area contributed by atoms with Crippen molar-refractivity contribution < 1.29 is 9.18 Å². The van der Waals surface area contributed by atoms with Crippen LogP contribution in [0.1, 0.15) is 6.92 Å². The molecule has 1 aromatic rings. The molecule has 0 aliphatic rings. The number of urea groups is 1. The Morgan fingerprint density at radius 1 is 1.50 bits per heavy atom. The highest BCUT2D eigenvalue weighted by Gasteiger charge is 2.14. The van der Waals surface area contributed by atoms with Crippen LogP contribution < -0.4 is 11.1 Å². The molecule has 6 heteroatoms. The van der Waals surface area contributed by atoms with Gasteiger partial charge in [0.15, 0.2) is 0 Å². The van der Waals surface area contributed by atoms with Gasteiger partial charge in [0.2, 0.25) is 0 Å². The van der Waals surface area contributed by atoms with Crippen LogP contribution in [0.4, 0.5) is 14.9 Å². The van der Waals surface area contributed by atoms with Crippen LogP contribution in [0.3, 0.4) is 0 Å². The molecule has 0 bridgehead atoms. The summed E-state index contributed by atoms with van der Waals surface area (Å²) in [6.45, 7) is 2.12. The molecule has 98 valence electrons. The highest BCUT2D eigenvalue weighted by molar-refractivity contribution is 5.89. The highest BCUT2D eigenvalue weighted by atomic mass is 19.1. The van der Waals surface area contributed by atoms with E-state index in [1.54, 1.807) is 14.0 Å². The largest absolute Gasteiger partial charge is 0.387 e. The van der Waals surface area contributed by atoms with E-state index in [-0.39, 0.29) is 23.6 Å². The van der Waals surface area contributed by atoms with Crippen molar-refractivity contribution in [3.63, 3.8) is 0 Å². The van der Waals surface area contributed by atoms with Crippen LogP contribution in [0.5, 0.6) is 0 Å². The predicted molar refractivity (Wildman–Crippen MR) is 69.1 cm³/mol. The maximum Gasteiger partial charge on any atom is 0.321 e. The van der Waals surface area contributed by atoms with Crippen LogP contribution in [0.15, 0.2) is 24.3 Å². The Morgan fingerprint density at radius 3 is 2.56 bits per heavy atom. The fourth-order valence-electron chi connectivity index (χ4n) is 1.34. The van der Waals surface area contributed by atoms with Crippen molar-refractivity contribution in [2.24, 2.45) is 11.7 Å². The lowest BCUT2D eigenvalue weighted by Gasteiger charge is -2.21. The number of nitrogens with zero attached hydrogens (tertiary/aromatic N) is 1. The lowest BCUT2D eigenvalue weighted by molar-refractivity contribution is 0.220. The Morgan fingerprint density at radius 2 is 2.06 bits per heavy atom. The minimum Gasteiger partial charge on any atom is -0.387 e. The first-order chi connectivity index (χ1) is 8.40. The Kier molecular flexibility index (Phi) is 4.65. The fraction of sp³-hybridized carbons (Fsp3) is 0.333. The van der Waals surface area contributed by atoms with Gasteiger partial charge in [-0.3, -0.25) is 5.41 Å². The summed E-state index contributed by atoms with van der Waals surface area (Å²) < 4.78 is 12.7. The monoisotopic (exact) mass is 252 g/mol. The van der Waals surface area contributed by atoms with E-state index in [1.165, 1.54) is 29.2 Å². The molecule has 0 aliphatic heterocycles. The minimum absolute atomic E-state index is 0.0384. The molecule has 1 atom stereocenters. The first-order valence-electron chi connectivity index (χ1n) is 5.51. The zero-order valence-corrected chi connectivity index (χ0v) is 10.4. The molecular formula is C12H17FN4O. The van der Waals surface area contributed by atoms with Crippen molar-refractivity contribution in [1.82, 2.24) is 4.90 Å². The zero-order valence-electron chi connectivity index (χ0n) is 10.4. The number of amides is 2. The average Bonchev–Trinajstić information content (AvgIpc) is 2.31. The molecule has 0 aromatic heterocycles. The quantitative estimate of drug-likeness (QED) is 0.564. The van der Waals surface area contributed by atoms with Gasteiger partial charge < -0.3 is 16.0 Å². The van der Waals surface area contributed by atoms with Gasteiger partial charge >= 0.3 is 6.03 Å². The second kappa shape index (κ2) is 6.00. The third-order valence-electron chi connectivity index (χ3n) is 2.52. The van der Waals surface area contributed by atoms with Gasteiger partial charge in [-0.15, -0.1) is 0 Å². The molecule has 18 heavy (non-hydrogen) atoms. The summed E-state index contributed by atoms with van der Waals surface area (Å²) in [6, 6.07) is 5.18. The van der Waals surface area contributed by atoms with Crippen molar-refractivity contribution in [3.05, 3.63) is 30.1 Å². The molecule has 0 fully saturated rings. The van der Waals surface area contributed by atoms with Gasteiger partial charge in [-0.05, 0) is 24.3 Å². The summed E-state index contributed by atoms with van der Waals surface area (Å²) >= 11 is 0. The molecule has 1 aromatic carbocycles. The SMILES string of the molecule is CC(CN(C)C(=O)Nc1ccc(F)cc1)C(=N)N. The molecule has 0 heterocycles. The van der Waals surface area contributed by atoms with Gasteiger partial charge in [-0.25, -0.2) is 9.18 Å². The molecule has 2 amide bonds. The topological polar surface area (TPSA) is 82.2 Å². The third-order valence-corrected chi connectivity index (χ3v) is 2.52. The number of carbonyl (C=O) groups excluding carboxylic acids is 1. The van der Waals surface area contributed by atoms with Crippen LogP contribution in [0.2, 0.25) is 0 Å². The summed E-state index contributed by atoms with van der Waals surface area (Å²) in [4.78, 5) is 13.2. The van der Waals surface area contributed by atoms with Crippen LogP contribution in [0.25, 0.3) is 0 Å². The molecule has 5 nitrogen and oxygen atoms in total. The van der Waals surface area contributed by atoms with Crippen molar-refractivity contribution in [3.8, 4) is 0 Å². The second-order valence-electron chi connectivity index (χ2n) is 4.17. The van der Waals surface area contributed by atoms with Crippen molar-refractivity contribution in [1.29, 1.82) is 5.41 Å². The van der Waals surface area contributed by atoms with E-state index >= 15 is 0 Å². The summed E-state index contributed by atoms with van der Waals surface area (Å²) in [5.74, 6) is -0.517. The number of amidine groups is 1. The number of carbonyl (C=O) groups is 1. The molecule has 0 spiro atoms. The maximum absolute atomic E-state index is 12.7. The molecule has 0 saturated carbocycles. The van der Waals surface area contributed by atoms with Gasteiger partial charge in [-0.2, -0.15) is 0 Å². The minimum atomic E-state index is -0.355. The van der Waals surface area contributed by atoms with Gasteiger partial charge in [0.25, 0.3) is 0 Å². The normalized spacial score (nSPS) is 11.7. The number of benzene rings is 1. The van der Waals surface area contributed by atoms with Crippen LogP contribution in [0, 0.1) is 17.1 Å². The van der Waals surface area contributed by atoms with Crippen molar-refractivity contribution in [2.45, 2.75) is 6.92 Å². The second-order valence-corrected chi connectivity index (χ2v) is 4.17. The van der Waals surface area contributed by atoms with Crippen LogP contribution in [-0.4, -0.2) is 30.4 Å². The zero-order chi connectivity index (χ0) is 13.7. The smallest absolute Gasteiger partial charge is 0.321 e.